The number of fused-ring (bicyclic) bond motifs is 1. The van der Waals surface area contributed by atoms with E-state index in [0.717, 1.165) is 10.9 Å². The molecule has 0 fully saturated rings. The van der Waals surface area contributed by atoms with Gasteiger partial charge in [-0.15, -0.1) is 0 Å². The Morgan fingerprint density at radius 3 is 2.12 bits per heavy atom. The number of carboxylic acids is 1. The predicted molar refractivity (Wildman–Crippen MR) is 183 cm³/mol. The Labute approximate surface area is 285 Å². The quantitative estimate of drug-likeness (QED) is 0.0715. The van der Waals surface area contributed by atoms with Crippen molar-refractivity contribution in [2.75, 3.05) is 19.7 Å². The maximum atomic E-state index is 13.7. The Morgan fingerprint density at radius 1 is 0.857 bits per heavy atom. The van der Waals surface area contributed by atoms with Crippen LogP contribution in [0, 0.1) is 11.8 Å². The van der Waals surface area contributed by atoms with Crippen molar-refractivity contribution in [2.45, 2.75) is 90.0 Å². The number of H-pyrrole nitrogens is 1. The lowest BCUT2D eigenvalue weighted by Gasteiger charge is -2.26. The average molecular weight is 689 g/mol. The van der Waals surface area contributed by atoms with Crippen molar-refractivity contribution in [1.82, 2.24) is 31.6 Å². The van der Waals surface area contributed by atoms with Gasteiger partial charge in [-0.2, -0.15) is 0 Å². The minimum atomic E-state index is -1.36. The number of aliphatic hydroxyl groups is 1. The van der Waals surface area contributed by atoms with Crippen LogP contribution in [0.25, 0.3) is 10.9 Å². The van der Waals surface area contributed by atoms with Crippen LogP contribution in [0.1, 0.15) is 58.9 Å². The van der Waals surface area contributed by atoms with Crippen molar-refractivity contribution in [1.29, 1.82) is 0 Å². The summed E-state index contributed by atoms with van der Waals surface area (Å²) < 4.78 is 0. The van der Waals surface area contributed by atoms with Crippen LogP contribution in [0.3, 0.4) is 0 Å². The second-order valence-corrected chi connectivity index (χ2v) is 12.5. The van der Waals surface area contributed by atoms with Crippen LogP contribution in [0.5, 0.6) is 0 Å². The monoisotopic (exact) mass is 688 g/mol. The number of carbonyl (C=O) groups excluding carboxylic acids is 5. The normalized spacial score (nSPS) is 14.9. The molecule has 0 aliphatic carbocycles. The Kier molecular flexibility index (Phi) is 16.7. The molecule has 1 heterocycles. The standard InChI is InChI=1S/C33H52N8O8/c1-5-19(4)28(33(48)49)41-31(46)24(14-20-15-36-22-11-7-6-10-21(20)22)39-30(45)23(12-8-9-13-34)38-26(43)16-37-29(44)25(17-42)40-32(47)27(35)18(2)3/h6-7,10-11,15,18-19,23-25,27-28,36,42H,5,8-9,12-14,16-17,34-35H2,1-4H3,(H,37,44)(H,38,43)(H,39,45)(H,40,47)(H,41,46)(H,48,49)/t19-,23-,24-,25-,27-,28-/m0/s1. The summed E-state index contributed by atoms with van der Waals surface area (Å²) in [7, 11) is 0. The van der Waals surface area contributed by atoms with Crippen LogP contribution < -0.4 is 38.1 Å². The minimum absolute atomic E-state index is 0.0166. The molecule has 1 aromatic carbocycles. The smallest absolute Gasteiger partial charge is 0.326 e. The van der Waals surface area contributed by atoms with E-state index >= 15 is 0 Å². The van der Waals surface area contributed by atoms with Gasteiger partial charge in [-0.1, -0.05) is 52.3 Å². The maximum absolute atomic E-state index is 13.7. The van der Waals surface area contributed by atoms with Crippen LogP contribution in [-0.2, 0) is 35.2 Å². The molecule has 5 amide bonds. The number of aromatic nitrogens is 1. The van der Waals surface area contributed by atoms with Gasteiger partial charge in [0.2, 0.25) is 29.5 Å². The number of nitrogens with one attached hydrogen (secondary N) is 6. The highest BCUT2D eigenvalue weighted by atomic mass is 16.4. The molecule has 272 valence electrons. The second kappa shape index (κ2) is 20.1. The lowest BCUT2D eigenvalue weighted by Crippen LogP contribution is -2.58. The third-order valence-corrected chi connectivity index (χ3v) is 8.37. The van der Waals surface area contributed by atoms with Crippen molar-refractivity contribution in [2.24, 2.45) is 23.3 Å². The molecule has 16 nitrogen and oxygen atoms in total. The molecule has 0 aliphatic heterocycles. The summed E-state index contributed by atoms with van der Waals surface area (Å²) in [4.78, 5) is 80.2. The van der Waals surface area contributed by atoms with E-state index in [1.54, 1.807) is 33.9 Å². The van der Waals surface area contributed by atoms with Crippen LogP contribution in [-0.4, -0.2) is 101 Å². The SMILES string of the molecule is CC[C@H](C)[C@H](NC(=O)[C@H](Cc1c[nH]c2ccccc12)NC(=O)[C@H](CCCCN)NC(=O)CNC(=O)[C@H](CO)NC(=O)[C@@H](N)C(C)C)C(=O)O. The van der Waals surface area contributed by atoms with E-state index in [2.05, 4.69) is 31.6 Å². The summed E-state index contributed by atoms with van der Waals surface area (Å²) >= 11 is 0. The number of carboxylic acid groups (broad SMARTS) is 1. The van der Waals surface area contributed by atoms with E-state index in [1.165, 1.54) is 0 Å². The van der Waals surface area contributed by atoms with E-state index in [4.69, 9.17) is 11.5 Å². The molecule has 2 rings (SSSR count). The number of hydrogen-bond donors (Lipinski definition) is 10. The van der Waals surface area contributed by atoms with Crippen molar-refractivity contribution in [3.8, 4) is 0 Å². The highest BCUT2D eigenvalue weighted by Crippen LogP contribution is 2.20. The van der Waals surface area contributed by atoms with Gasteiger partial charge in [-0.3, -0.25) is 24.0 Å². The number of rotatable bonds is 21. The number of aliphatic carboxylic acids is 1. The molecule has 0 unspecified atom stereocenters. The molecule has 0 aliphatic rings. The minimum Gasteiger partial charge on any atom is -0.480 e. The largest absolute Gasteiger partial charge is 0.480 e. The Hall–Kier alpha value is -4.54. The third-order valence-electron chi connectivity index (χ3n) is 8.37. The van der Waals surface area contributed by atoms with Gasteiger partial charge in [0, 0.05) is 23.5 Å². The van der Waals surface area contributed by atoms with E-state index < -0.39 is 84.8 Å². The Balaban J connectivity index is 2.23. The van der Waals surface area contributed by atoms with Crippen LogP contribution in [0.15, 0.2) is 30.5 Å². The number of aromatic amines is 1. The molecule has 0 spiro atoms. The fourth-order valence-electron chi connectivity index (χ4n) is 5.00. The molecule has 0 radical (unpaired) electrons. The number of carbonyl (C=O) groups is 6. The fraction of sp³-hybridized carbons (Fsp3) is 0.576. The number of para-hydroxylation sites is 1. The number of nitrogens with two attached hydrogens (primary N) is 2. The van der Waals surface area contributed by atoms with Gasteiger partial charge in [0.25, 0.3) is 0 Å². The van der Waals surface area contributed by atoms with Gasteiger partial charge in [0.15, 0.2) is 0 Å². The van der Waals surface area contributed by atoms with Crippen molar-refractivity contribution < 1.29 is 39.0 Å². The number of benzene rings is 1. The second-order valence-electron chi connectivity index (χ2n) is 12.5. The van der Waals surface area contributed by atoms with E-state index in [1.807, 2.05) is 24.3 Å². The van der Waals surface area contributed by atoms with Crippen LogP contribution in [0.2, 0.25) is 0 Å². The first kappa shape index (κ1) is 40.6. The molecule has 1 aromatic heterocycles. The summed E-state index contributed by atoms with van der Waals surface area (Å²) in [6, 6.07) is 1.56. The van der Waals surface area contributed by atoms with Gasteiger partial charge in [-0.25, -0.2) is 4.79 Å². The zero-order chi connectivity index (χ0) is 36.7. The number of hydrogen-bond acceptors (Lipinski definition) is 9. The van der Waals surface area contributed by atoms with Crippen molar-refractivity contribution >= 4 is 46.4 Å². The molecule has 16 heteroatoms. The zero-order valence-corrected chi connectivity index (χ0v) is 28.6. The topological polar surface area (TPSA) is 271 Å². The lowest BCUT2D eigenvalue weighted by atomic mass is 9.97. The first-order valence-corrected chi connectivity index (χ1v) is 16.6. The third kappa shape index (κ3) is 12.5. The van der Waals surface area contributed by atoms with Gasteiger partial charge in [0.05, 0.1) is 19.2 Å². The molecular formula is C33H52N8O8. The zero-order valence-electron chi connectivity index (χ0n) is 28.6. The molecule has 12 N–H and O–H groups in total. The molecule has 0 saturated carbocycles. The van der Waals surface area contributed by atoms with Gasteiger partial charge in [-0.05, 0) is 49.3 Å². The Bertz CT molecular complexity index is 1430. The van der Waals surface area contributed by atoms with E-state index in [0.29, 0.717) is 31.4 Å². The lowest BCUT2D eigenvalue weighted by molar-refractivity contribution is -0.143. The molecule has 2 aromatic rings. The van der Waals surface area contributed by atoms with Gasteiger partial charge >= 0.3 is 5.97 Å². The summed E-state index contributed by atoms with van der Waals surface area (Å²) in [5.74, 6) is -5.46. The maximum Gasteiger partial charge on any atom is 0.326 e. The summed E-state index contributed by atoms with van der Waals surface area (Å²) in [6.07, 6.45) is 3.35. The summed E-state index contributed by atoms with van der Waals surface area (Å²) in [6.45, 7) is 5.95. The first-order chi connectivity index (χ1) is 23.2. The molecule has 49 heavy (non-hydrogen) atoms. The number of aliphatic hydroxyl groups excluding tert-OH is 1. The van der Waals surface area contributed by atoms with Crippen molar-refractivity contribution in [3.05, 3.63) is 36.0 Å². The molecular weight excluding hydrogens is 636 g/mol. The van der Waals surface area contributed by atoms with Gasteiger partial charge in [0.1, 0.15) is 24.2 Å². The predicted octanol–water partition coefficient (Wildman–Crippen LogP) is -0.999. The Morgan fingerprint density at radius 2 is 1.51 bits per heavy atom. The van der Waals surface area contributed by atoms with Crippen molar-refractivity contribution in [3.63, 3.8) is 0 Å². The molecule has 0 bridgehead atoms. The average Bonchev–Trinajstić information content (AvgIpc) is 3.49. The highest BCUT2D eigenvalue weighted by molar-refractivity contribution is 5.96. The first-order valence-electron chi connectivity index (χ1n) is 16.6. The molecule has 0 saturated heterocycles. The van der Waals surface area contributed by atoms with Crippen LogP contribution >= 0.6 is 0 Å². The fourth-order valence-corrected chi connectivity index (χ4v) is 5.00. The molecule has 6 atom stereocenters. The van der Waals surface area contributed by atoms with Gasteiger partial charge < -0.3 is 53.2 Å². The highest BCUT2D eigenvalue weighted by Gasteiger charge is 2.32. The number of amides is 5. The number of unbranched alkanes of at least 4 members (excludes halogenated alkanes) is 1. The van der Waals surface area contributed by atoms with E-state index in [9.17, 15) is 39.0 Å². The summed E-state index contributed by atoms with van der Waals surface area (Å²) in [5.41, 5.74) is 13.0. The summed E-state index contributed by atoms with van der Waals surface area (Å²) in [5, 5.41) is 32.8. The van der Waals surface area contributed by atoms with Crippen LogP contribution in [0.4, 0.5) is 0 Å². The van der Waals surface area contributed by atoms with E-state index in [-0.39, 0.29) is 18.8 Å².